The first-order valence-corrected chi connectivity index (χ1v) is 7.53. The molecule has 2 heterocycles. The van der Waals surface area contributed by atoms with Gasteiger partial charge in [-0.3, -0.25) is 0 Å². The standard InChI is InChI=1S/C16H18F4N4/c1-7(2)10-5-11(23-16(22-10)14(19)20)15-21-6-9(13(17)18)12(24-15)8(3)4/h5-8,13-14H,1-4H3. The van der Waals surface area contributed by atoms with Gasteiger partial charge in [0.25, 0.3) is 12.9 Å². The van der Waals surface area contributed by atoms with Crippen LogP contribution in [0.2, 0.25) is 0 Å². The van der Waals surface area contributed by atoms with Crippen molar-refractivity contribution in [1.82, 2.24) is 19.9 Å². The van der Waals surface area contributed by atoms with Gasteiger partial charge in [0.2, 0.25) is 0 Å². The second kappa shape index (κ2) is 7.19. The highest BCUT2D eigenvalue weighted by molar-refractivity contribution is 5.51. The van der Waals surface area contributed by atoms with Crippen LogP contribution in [0.4, 0.5) is 17.6 Å². The van der Waals surface area contributed by atoms with Gasteiger partial charge in [0.15, 0.2) is 11.6 Å². The highest BCUT2D eigenvalue weighted by Crippen LogP contribution is 2.29. The predicted molar refractivity (Wildman–Crippen MR) is 81.2 cm³/mol. The van der Waals surface area contributed by atoms with Crippen LogP contribution in [0.3, 0.4) is 0 Å². The van der Waals surface area contributed by atoms with Gasteiger partial charge in [0.05, 0.1) is 11.3 Å². The summed E-state index contributed by atoms with van der Waals surface area (Å²) < 4.78 is 52.2. The lowest BCUT2D eigenvalue weighted by molar-refractivity contribution is 0.140. The van der Waals surface area contributed by atoms with Crippen molar-refractivity contribution >= 4 is 0 Å². The van der Waals surface area contributed by atoms with Gasteiger partial charge in [-0.05, 0) is 17.9 Å². The monoisotopic (exact) mass is 342 g/mol. The number of hydrogen-bond donors (Lipinski definition) is 0. The summed E-state index contributed by atoms with van der Waals surface area (Å²) in [5.41, 5.74) is 0.439. The number of rotatable bonds is 5. The van der Waals surface area contributed by atoms with Crippen molar-refractivity contribution in [2.75, 3.05) is 0 Å². The van der Waals surface area contributed by atoms with Crippen LogP contribution in [0.1, 0.15) is 75.2 Å². The van der Waals surface area contributed by atoms with E-state index in [2.05, 4.69) is 19.9 Å². The summed E-state index contributed by atoms with van der Waals surface area (Å²) in [6.07, 6.45) is -4.52. The predicted octanol–water partition coefficient (Wildman–Crippen LogP) is 5.06. The van der Waals surface area contributed by atoms with E-state index in [-0.39, 0.29) is 34.6 Å². The molecule has 0 amide bonds. The maximum atomic E-state index is 13.1. The second-order valence-corrected chi connectivity index (χ2v) is 5.98. The number of halogens is 4. The van der Waals surface area contributed by atoms with E-state index in [1.807, 2.05) is 13.8 Å². The maximum Gasteiger partial charge on any atom is 0.297 e. The largest absolute Gasteiger partial charge is 0.297 e. The van der Waals surface area contributed by atoms with E-state index >= 15 is 0 Å². The van der Waals surface area contributed by atoms with Crippen molar-refractivity contribution in [3.63, 3.8) is 0 Å². The molecule has 0 N–H and O–H groups in total. The Hall–Kier alpha value is -2.12. The molecule has 0 saturated heterocycles. The van der Waals surface area contributed by atoms with Crippen LogP contribution in [-0.4, -0.2) is 19.9 Å². The molecule has 0 aliphatic rings. The fraction of sp³-hybridized carbons (Fsp3) is 0.500. The summed E-state index contributed by atoms with van der Waals surface area (Å²) in [5, 5.41) is 0. The van der Waals surface area contributed by atoms with Gasteiger partial charge in [0.1, 0.15) is 5.69 Å². The van der Waals surface area contributed by atoms with E-state index in [4.69, 9.17) is 0 Å². The SMILES string of the molecule is CC(C)c1cc(-c2ncc(C(F)F)c(C(C)C)n2)nc(C(F)F)n1. The molecule has 0 bridgehead atoms. The van der Waals surface area contributed by atoms with E-state index in [0.717, 1.165) is 6.20 Å². The highest BCUT2D eigenvalue weighted by atomic mass is 19.3. The van der Waals surface area contributed by atoms with Crippen LogP contribution in [0.15, 0.2) is 12.3 Å². The summed E-state index contributed by atoms with van der Waals surface area (Å²) in [6.45, 7) is 7.06. The Morgan fingerprint density at radius 1 is 0.833 bits per heavy atom. The van der Waals surface area contributed by atoms with Crippen molar-refractivity contribution in [2.45, 2.75) is 52.4 Å². The zero-order chi connectivity index (χ0) is 18.0. The average Bonchev–Trinajstić information content (AvgIpc) is 2.53. The maximum absolute atomic E-state index is 13.1. The lowest BCUT2D eigenvalue weighted by atomic mass is 10.0. The molecule has 0 spiro atoms. The summed E-state index contributed by atoms with van der Waals surface area (Å²) >= 11 is 0. The first-order chi connectivity index (χ1) is 11.2. The van der Waals surface area contributed by atoms with Crippen LogP contribution in [0.25, 0.3) is 11.5 Å². The van der Waals surface area contributed by atoms with Gasteiger partial charge in [0, 0.05) is 11.9 Å². The zero-order valence-corrected chi connectivity index (χ0v) is 13.8. The number of hydrogen-bond acceptors (Lipinski definition) is 4. The molecule has 2 rings (SSSR count). The van der Waals surface area contributed by atoms with E-state index < -0.39 is 18.7 Å². The van der Waals surface area contributed by atoms with Gasteiger partial charge >= 0.3 is 0 Å². The Balaban J connectivity index is 2.61. The van der Waals surface area contributed by atoms with Crippen molar-refractivity contribution in [3.05, 3.63) is 35.0 Å². The van der Waals surface area contributed by atoms with E-state index in [9.17, 15) is 17.6 Å². The summed E-state index contributed by atoms with van der Waals surface area (Å²) in [7, 11) is 0. The van der Waals surface area contributed by atoms with Crippen molar-refractivity contribution in [2.24, 2.45) is 0 Å². The van der Waals surface area contributed by atoms with Gasteiger partial charge in [-0.1, -0.05) is 27.7 Å². The molecule has 8 heteroatoms. The molecule has 2 aromatic heterocycles. The Morgan fingerprint density at radius 3 is 2.00 bits per heavy atom. The van der Waals surface area contributed by atoms with Crippen molar-refractivity contribution in [3.8, 4) is 11.5 Å². The Kier molecular flexibility index (Phi) is 5.46. The zero-order valence-electron chi connectivity index (χ0n) is 13.8. The van der Waals surface area contributed by atoms with Gasteiger partial charge in [-0.2, -0.15) is 0 Å². The fourth-order valence-electron chi connectivity index (χ4n) is 2.15. The van der Waals surface area contributed by atoms with Crippen LogP contribution in [0.5, 0.6) is 0 Å². The molecule has 4 nitrogen and oxygen atoms in total. The molecular formula is C16H18F4N4. The molecule has 0 saturated carbocycles. The third-order valence-corrected chi connectivity index (χ3v) is 3.41. The van der Waals surface area contributed by atoms with E-state index in [0.29, 0.717) is 5.69 Å². The van der Waals surface area contributed by atoms with Gasteiger partial charge in [-0.15, -0.1) is 0 Å². The Morgan fingerprint density at radius 2 is 1.50 bits per heavy atom. The normalized spacial score (nSPS) is 12.0. The molecule has 0 radical (unpaired) electrons. The quantitative estimate of drug-likeness (QED) is 0.713. The van der Waals surface area contributed by atoms with Crippen LogP contribution < -0.4 is 0 Å². The number of nitrogens with zero attached hydrogens (tertiary/aromatic N) is 4. The molecule has 0 fully saturated rings. The van der Waals surface area contributed by atoms with Gasteiger partial charge in [-0.25, -0.2) is 37.5 Å². The number of alkyl halides is 4. The third-order valence-electron chi connectivity index (χ3n) is 3.41. The minimum absolute atomic E-state index is 0.0364. The summed E-state index contributed by atoms with van der Waals surface area (Å²) in [6, 6.07) is 1.51. The van der Waals surface area contributed by atoms with Crippen LogP contribution in [0, 0.1) is 0 Å². The highest BCUT2D eigenvalue weighted by Gasteiger charge is 2.21. The Labute approximate surface area is 137 Å². The van der Waals surface area contributed by atoms with Crippen molar-refractivity contribution < 1.29 is 17.6 Å². The van der Waals surface area contributed by atoms with Crippen LogP contribution >= 0.6 is 0 Å². The average molecular weight is 342 g/mol. The molecule has 2 aromatic rings. The molecule has 24 heavy (non-hydrogen) atoms. The molecule has 130 valence electrons. The molecule has 0 aromatic carbocycles. The summed E-state index contributed by atoms with van der Waals surface area (Å²) in [5.74, 6) is -0.955. The summed E-state index contributed by atoms with van der Waals surface area (Å²) in [4.78, 5) is 15.6. The fourth-order valence-corrected chi connectivity index (χ4v) is 2.15. The second-order valence-electron chi connectivity index (χ2n) is 5.98. The number of aromatic nitrogens is 4. The first-order valence-electron chi connectivity index (χ1n) is 7.53. The van der Waals surface area contributed by atoms with E-state index in [1.165, 1.54) is 6.07 Å². The lowest BCUT2D eigenvalue weighted by Gasteiger charge is -2.13. The molecule has 0 aliphatic heterocycles. The smallest absolute Gasteiger partial charge is 0.235 e. The molecule has 0 aliphatic carbocycles. The molecular weight excluding hydrogens is 324 g/mol. The van der Waals surface area contributed by atoms with E-state index in [1.54, 1.807) is 13.8 Å². The van der Waals surface area contributed by atoms with Gasteiger partial charge < -0.3 is 0 Å². The van der Waals surface area contributed by atoms with Crippen molar-refractivity contribution in [1.29, 1.82) is 0 Å². The lowest BCUT2D eigenvalue weighted by Crippen LogP contribution is -2.08. The minimum Gasteiger partial charge on any atom is -0.235 e. The first kappa shape index (κ1) is 18.2. The Bertz CT molecular complexity index is 691. The molecule has 0 atom stereocenters. The third kappa shape index (κ3) is 3.85. The van der Waals surface area contributed by atoms with Crippen LogP contribution in [-0.2, 0) is 0 Å². The topological polar surface area (TPSA) is 51.6 Å². The molecule has 0 unspecified atom stereocenters. The minimum atomic E-state index is -2.84.